The Kier molecular flexibility index (Phi) is 10.9. The van der Waals surface area contributed by atoms with Crippen molar-refractivity contribution in [3.63, 3.8) is 0 Å². The quantitative estimate of drug-likeness (QED) is 0.0710. The Hall–Kier alpha value is -4.12. The number of hydrogen-bond donors (Lipinski definition) is 3. The molecule has 0 aliphatic carbocycles. The van der Waals surface area contributed by atoms with E-state index in [2.05, 4.69) is 16.0 Å². The third-order valence-corrected chi connectivity index (χ3v) is 8.30. The van der Waals surface area contributed by atoms with Crippen LogP contribution in [-0.4, -0.2) is 76.8 Å². The Balaban J connectivity index is 0.913. The van der Waals surface area contributed by atoms with Gasteiger partial charge in [0, 0.05) is 57.8 Å². The van der Waals surface area contributed by atoms with Gasteiger partial charge in [-0.15, -0.1) is 0 Å². The number of fused-ring (bicyclic) bond motifs is 4. The van der Waals surface area contributed by atoms with Crippen molar-refractivity contribution in [3.8, 4) is 11.5 Å². The number of aromatic nitrogens is 2. The highest BCUT2D eigenvalue weighted by atomic mass is 35.5. The summed E-state index contributed by atoms with van der Waals surface area (Å²) in [6.07, 6.45) is 0. The first-order valence-electron chi connectivity index (χ1n) is 15.5. The molecule has 0 aliphatic heterocycles. The maximum Gasteiger partial charge on any atom is 0.119 e. The van der Waals surface area contributed by atoms with Crippen LogP contribution in [0.1, 0.15) is 0 Å². The van der Waals surface area contributed by atoms with Crippen molar-refractivity contribution in [1.29, 1.82) is 0 Å². The second-order valence-corrected chi connectivity index (χ2v) is 11.8. The van der Waals surface area contributed by atoms with Crippen molar-refractivity contribution >= 4 is 78.2 Å². The summed E-state index contributed by atoms with van der Waals surface area (Å²) in [6, 6.07) is 23.2. The molecule has 6 aromatic rings. The van der Waals surface area contributed by atoms with Crippen molar-refractivity contribution in [2.45, 2.75) is 0 Å². The lowest BCUT2D eigenvalue weighted by atomic mass is 10.1. The van der Waals surface area contributed by atoms with Gasteiger partial charge in [-0.2, -0.15) is 0 Å². The zero-order valence-electron chi connectivity index (χ0n) is 26.4. The average molecular weight is 675 g/mol. The second kappa shape index (κ2) is 15.6. The van der Waals surface area contributed by atoms with Gasteiger partial charge in [0.15, 0.2) is 0 Å². The van der Waals surface area contributed by atoms with Gasteiger partial charge in [0.05, 0.1) is 74.1 Å². The number of rotatable bonds is 16. The van der Waals surface area contributed by atoms with E-state index < -0.39 is 0 Å². The lowest BCUT2D eigenvalue weighted by Gasteiger charge is -2.15. The summed E-state index contributed by atoms with van der Waals surface area (Å²) in [5, 5.41) is 15.8. The van der Waals surface area contributed by atoms with Crippen LogP contribution in [0, 0.1) is 0 Å². The lowest BCUT2D eigenvalue weighted by Crippen LogP contribution is -2.25. The van der Waals surface area contributed by atoms with Crippen molar-refractivity contribution in [1.82, 2.24) is 15.3 Å². The molecule has 47 heavy (non-hydrogen) atoms. The molecule has 2 aromatic heterocycles. The molecule has 0 spiro atoms. The number of halogens is 2. The zero-order valence-corrected chi connectivity index (χ0v) is 27.9. The Labute approximate surface area is 283 Å². The Morgan fingerprint density at radius 3 is 1.40 bits per heavy atom. The van der Waals surface area contributed by atoms with Crippen molar-refractivity contribution in [2.24, 2.45) is 0 Å². The van der Waals surface area contributed by atoms with E-state index >= 15 is 0 Å². The summed E-state index contributed by atoms with van der Waals surface area (Å²) in [5.41, 5.74) is 5.40. The molecule has 0 radical (unpaired) electrons. The average Bonchev–Trinajstić information content (AvgIpc) is 3.08. The minimum absolute atomic E-state index is 0.559. The first kappa shape index (κ1) is 32.8. The first-order chi connectivity index (χ1) is 23.0. The monoisotopic (exact) mass is 673 g/mol. The van der Waals surface area contributed by atoms with E-state index in [-0.39, 0.29) is 0 Å². The minimum Gasteiger partial charge on any atom is -0.497 e. The second-order valence-electron chi connectivity index (χ2n) is 10.9. The number of anilines is 2. The first-order valence-corrected chi connectivity index (χ1v) is 16.3. The van der Waals surface area contributed by atoms with Crippen LogP contribution in [0.5, 0.6) is 11.5 Å². The normalized spacial score (nSPS) is 11.5. The molecule has 2 heterocycles. The van der Waals surface area contributed by atoms with Crippen LogP contribution in [0.2, 0.25) is 10.0 Å². The third kappa shape index (κ3) is 7.89. The van der Waals surface area contributed by atoms with Crippen LogP contribution in [0.15, 0.2) is 72.8 Å². The number of pyridine rings is 2. The number of methoxy groups -OCH3 is 2. The summed E-state index contributed by atoms with van der Waals surface area (Å²) in [5.74, 6) is 1.56. The van der Waals surface area contributed by atoms with Gasteiger partial charge in [-0.3, -0.25) is 0 Å². The highest BCUT2D eigenvalue weighted by Gasteiger charge is 2.12. The van der Waals surface area contributed by atoms with Crippen LogP contribution in [-0.2, 0) is 9.47 Å². The van der Waals surface area contributed by atoms with Gasteiger partial charge >= 0.3 is 0 Å². The molecule has 0 atom stereocenters. The molecule has 0 amide bonds. The van der Waals surface area contributed by atoms with E-state index in [9.17, 15) is 0 Å². The summed E-state index contributed by atoms with van der Waals surface area (Å²) in [4.78, 5) is 9.57. The molecule has 0 fully saturated rings. The fraction of sp³-hybridized carbons (Fsp3) is 0.278. The van der Waals surface area contributed by atoms with Crippen molar-refractivity contribution in [3.05, 3.63) is 82.8 Å². The SMILES string of the molecule is COc1ccc2nc3cc(Cl)ccc3c(NCCOCCNCCOCCNc3c4ccc(Cl)cc4nc4ccc(OC)cc34)c2c1. The lowest BCUT2D eigenvalue weighted by molar-refractivity contribution is 0.130. The molecule has 6 rings (SSSR count). The van der Waals surface area contributed by atoms with E-state index in [0.29, 0.717) is 49.6 Å². The molecule has 3 N–H and O–H groups in total. The van der Waals surface area contributed by atoms with Gasteiger partial charge in [-0.05, 0) is 72.8 Å². The van der Waals surface area contributed by atoms with Gasteiger partial charge in [0.2, 0.25) is 0 Å². The molecule has 0 bridgehead atoms. The van der Waals surface area contributed by atoms with E-state index in [1.165, 1.54) is 0 Å². The molecule has 0 saturated heterocycles. The van der Waals surface area contributed by atoms with Crippen LogP contribution >= 0.6 is 23.2 Å². The topological polar surface area (TPSA) is 98.8 Å². The van der Waals surface area contributed by atoms with Crippen LogP contribution in [0.4, 0.5) is 11.4 Å². The number of hydrogen-bond acceptors (Lipinski definition) is 9. The number of benzene rings is 4. The van der Waals surface area contributed by atoms with E-state index in [4.69, 9.17) is 52.1 Å². The Bertz CT molecular complexity index is 1870. The van der Waals surface area contributed by atoms with E-state index in [0.717, 1.165) is 79.6 Å². The summed E-state index contributed by atoms with van der Waals surface area (Å²) in [6.45, 7) is 5.07. The van der Waals surface area contributed by atoms with Crippen LogP contribution in [0.25, 0.3) is 43.6 Å². The van der Waals surface area contributed by atoms with Gasteiger partial charge in [-0.25, -0.2) is 9.97 Å². The minimum atomic E-state index is 0.559. The predicted octanol–water partition coefficient (Wildman–Crippen LogP) is 7.56. The summed E-state index contributed by atoms with van der Waals surface area (Å²) in [7, 11) is 3.33. The Morgan fingerprint density at radius 1 is 0.511 bits per heavy atom. The van der Waals surface area contributed by atoms with E-state index in [1.807, 2.05) is 72.8 Å². The number of ether oxygens (including phenoxy) is 4. The third-order valence-electron chi connectivity index (χ3n) is 7.83. The molecule has 11 heteroatoms. The smallest absolute Gasteiger partial charge is 0.119 e. The van der Waals surface area contributed by atoms with Gasteiger partial charge in [0.25, 0.3) is 0 Å². The van der Waals surface area contributed by atoms with Gasteiger partial charge in [0.1, 0.15) is 11.5 Å². The molecular formula is C36H37Cl2N5O4. The summed E-state index contributed by atoms with van der Waals surface area (Å²) >= 11 is 12.5. The van der Waals surface area contributed by atoms with Gasteiger partial charge in [-0.1, -0.05) is 23.2 Å². The maximum atomic E-state index is 6.24. The molecule has 0 unspecified atom stereocenters. The molecule has 4 aromatic carbocycles. The van der Waals surface area contributed by atoms with Gasteiger partial charge < -0.3 is 34.9 Å². The Morgan fingerprint density at radius 2 is 0.957 bits per heavy atom. The molecule has 9 nitrogen and oxygen atoms in total. The highest BCUT2D eigenvalue weighted by Crippen LogP contribution is 2.35. The standard InChI is InChI=1S/C36H37Cl2N5O4/c1-44-25-5-9-31-29(21-25)35(27-7-3-23(37)19-33(27)42-31)40-13-17-46-15-11-39-12-16-47-18-14-41-36-28-8-4-24(38)20-34(28)43-32-10-6-26(45-2)22-30(32)36/h3-10,19-22,39H,11-18H2,1-2H3,(H,40,42)(H,41,43). The molecule has 0 aliphatic rings. The summed E-state index contributed by atoms with van der Waals surface area (Å²) < 4.78 is 22.6. The van der Waals surface area contributed by atoms with Crippen molar-refractivity contribution < 1.29 is 18.9 Å². The predicted molar refractivity (Wildman–Crippen MR) is 193 cm³/mol. The zero-order chi connectivity index (χ0) is 32.6. The number of nitrogens with zero attached hydrogens (tertiary/aromatic N) is 2. The maximum absolute atomic E-state index is 6.24. The van der Waals surface area contributed by atoms with E-state index in [1.54, 1.807) is 14.2 Å². The molecule has 0 saturated carbocycles. The molecular weight excluding hydrogens is 637 g/mol. The fourth-order valence-corrected chi connectivity index (χ4v) is 5.87. The number of nitrogens with one attached hydrogen (secondary N) is 3. The van der Waals surface area contributed by atoms with Crippen LogP contribution < -0.4 is 25.4 Å². The fourth-order valence-electron chi connectivity index (χ4n) is 5.54. The van der Waals surface area contributed by atoms with Crippen LogP contribution in [0.3, 0.4) is 0 Å². The molecule has 244 valence electrons. The largest absolute Gasteiger partial charge is 0.497 e. The van der Waals surface area contributed by atoms with Crippen molar-refractivity contribution in [2.75, 3.05) is 77.5 Å². The highest BCUT2D eigenvalue weighted by molar-refractivity contribution is 6.32.